The van der Waals surface area contributed by atoms with Gasteiger partial charge in [-0.05, 0) is 49.8 Å². The third-order valence-corrected chi connectivity index (χ3v) is 6.76. The van der Waals surface area contributed by atoms with Gasteiger partial charge < -0.3 is 4.90 Å². The molecular formula is C22H26F2N2O3S. The lowest BCUT2D eigenvalue weighted by atomic mass is 9.90. The number of hydrogen-bond donors (Lipinski definition) is 0. The molecule has 30 heavy (non-hydrogen) atoms. The van der Waals surface area contributed by atoms with Crippen LogP contribution in [0.5, 0.6) is 0 Å². The molecule has 3 rings (SSSR count). The van der Waals surface area contributed by atoms with Crippen LogP contribution in [0, 0.1) is 17.6 Å². The van der Waals surface area contributed by atoms with Crippen molar-refractivity contribution in [1.29, 1.82) is 0 Å². The second-order valence-corrected chi connectivity index (χ2v) is 9.65. The van der Waals surface area contributed by atoms with E-state index in [2.05, 4.69) is 12.1 Å². The smallest absolute Gasteiger partial charge is 0.246 e. The molecule has 1 heterocycles. The van der Waals surface area contributed by atoms with E-state index in [1.807, 2.05) is 18.2 Å². The zero-order chi connectivity index (χ0) is 21.9. The predicted molar refractivity (Wildman–Crippen MR) is 113 cm³/mol. The topological polar surface area (TPSA) is 57.7 Å². The van der Waals surface area contributed by atoms with Crippen molar-refractivity contribution in [1.82, 2.24) is 4.90 Å². The zero-order valence-electron chi connectivity index (χ0n) is 17.1. The average molecular weight is 437 g/mol. The molecule has 1 saturated heterocycles. The molecule has 0 unspecified atom stereocenters. The van der Waals surface area contributed by atoms with Gasteiger partial charge in [0.2, 0.25) is 15.9 Å². The Hall–Kier alpha value is -2.48. The summed E-state index contributed by atoms with van der Waals surface area (Å²) in [5, 5.41) is 0. The van der Waals surface area contributed by atoms with E-state index in [-0.39, 0.29) is 11.6 Å². The Morgan fingerprint density at radius 3 is 2.30 bits per heavy atom. The zero-order valence-corrected chi connectivity index (χ0v) is 17.9. The summed E-state index contributed by atoms with van der Waals surface area (Å²) < 4.78 is 52.5. The first kappa shape index (κ1) is 22.2. The molecule has 5 nitrogen and oxygen atoms in total. The van der Waals surface area contributed by atoms with Gasteiger partial charge in [0.25, 0.3) is 0 Å². The largest absolute Gasteiger partial charge is 0.341 e. The van der Waals surface area contributed by atoms with Crippen LogP contribution >= 0.6 is 0 Å². The van der Waals surface area contributed by atoms with Crippen LogP contribution in [0.3, 0.4) is 0 Å². The fourth-order valence-electron chi connectivity index (χ4n) is 3.99. The van der Waals surface area contributed by atoms with Crippen molar-refractivity contribution < 1.29 is 22.0 Å². The molecule has 8 heteroatoms. The minimum absolute atomic E-state index is 0.0730. The number of nitrogens with zero attached hydrogens (tertiary/aromatic N) is 2. The van der Waals surface area contributed by atoms with Gasteiger partial charge in [-0.15, -0.1) is 0 Å². The summed E-state index contributed by atoms with van der Waals surface area (Å²) >= 11 is 0. The van der Waals surface area contributed by atoms with E-state index in [4.69, 9.17) is 0 Å². The van der Waals surface area contributed by atoms with Gasteiger partial charge >= 0.3 is 0 Å². The van der Waals surface area contributed by atoms with E-state index in [0.717, 1.165) is 48.0 Å². The van der Waals surface area contributed by atoms with Crippen LogP contribution in [0.15, 0.2) is 48.5 Å². The number of anilines is 1. The van der Waals surface area contributed by atoms with Crippen molar-refractivity contribution in [3.8, 4) is 0 Å². The summed E-state index contributed by atoms with van der Waals surface area (Å²) in [7, 11) is -3.89. The maximum absolute atomic E-state index is 13.7. The fraction of sp³-hybridized carbons (Fsp3) is 0.409. The van der Waals surface area contributed by atoms with Crippen LogP contribution in [0.25, 0.3) is 0 Å². The SMILES string of the molecule is C[C@H](C(=O)N1CCC(Cc2ccccc2)CC1)N(c1ccc(F)c(F)c1)S(C)(=O)=O. The number of carbonyl (C=O) groups is 1. The van der Waals surface area contributed by atoms with Crippen LogP contribution < -0.4 is 4.31 Å². The third-order valence-electron chi connectivity index (χ3n) is 5.52. The lowest BCUT2D eigenvalue weighted by Crippen LogP contribution is -2.51. The minimum atomic E-state index is -3.89. The van der Waals surface area contributed by atoms with Crippen molar-refractivity contribution in [2.75, 3.05) is 23.7 Å². The molecule has 0 saturated carbocycles. The monoisotopic (exact) mass is 436 g/mol. The molecule has 0 spiro atoms. The van der Waals surface area contributed by atoms with Crippen molar-refractivity contribution >= 4 is 21.6 Å². The first-order valence-electron chi connectivity index (χ1n) is 9.94. The Kier molecular flexibility index (Phi) is 6.75. The van der Waals surface area contributed by atoms with Gasteiger partial charge in [-0.1, -0.05) is 30.3 Å². The number of rotatable bonds is 6. The van der Waals surface area contributed by atoms with Gasteiger partial charge in [0.1, 0.15) is 6.04 Å². The number of benzene rings is 2. The molecule has 1 aliphatic heterocycles. The summed E-state index contributed by atoms with van der Waals surface area (Å²) in [4.78, 5) is 14.7. The fourth-order valence-corrected chi connectivity index (χ4v) is 5.15. The van der Waals surface area contributed by atoms with E-state index >= 15 is 0 Å². The first-order valence-corrected chi connectivity index (χ1v) is 11.8. The van der Waals surface area contributed by atoms with Crippen molar-refractivity contribution in [2.45, 2.75) is 32.2 Å². The lowest BCUT2D eigenvalue weighted by Gasteiger charge is -2.36. The molecule has 2 aromatic rings. The quantitative estimate of drug-likeness (QED) is 0.695. The van der Waals surface area contributed by atoms with Crippen LogP contribution in [0.1, 0.15) is 25.3 Å². The van der Waals surface area contributed by atoms with Crippen LogP contribution in [-0.4, -0.2) is 44.6 Å². The summed E-state index contributed by atoms with van der Waals surface area (Å²) in [6.07, 6.45) is 3.56. The Morgan fingerprint density at radius 2 is 1.73 bits per heavy atom. The van der Waals surface area contributed by atoms with Gasteiger partial charge in [-0.2, -0.15) is 0 Å². The maximum atomic E-state index is 13.7. The Labute approximate surface area is 176 Å². The van der Waals surface area contributed by atoms with Crippen molar-refractivity contribution in [2.24, 2.45) is 5.92 Å². The van der Waals surface area contributed by atoms with Gasteiger partial charge in [-0.3, -0.25) is 9.10 Å². The summed E-state index contributed by atoms with van der Waals surface area (Å²) in [6.45, 7) is 2.55. The highest BCUT2D eigenvalue weighted by Gasteiger charge is 2.34. The lowest BCUT2D eigenvalue weighted by molar-refractivity contribution is -0.133. The highest BCUT2D eigenvalue weighted by atomic mass is 32.2. The van der Waals surface area contributed by atoms with E-state index in [1.165, 1.54) is 12.5 Å². The third kappa shape index (κ3) is 5.16. The number of carbonyl (C=O) groups excluding carboxylic acids is 1. The Morgan fingerprint density at radius 1 is 1.10 bits per heavy atom. The van der Waals surface area contributed by atoms with Gasteiger partial charge in [-0.25, -0.2) is 17.2 Å². The summed E-state index contributed by atoms with van der Waals surface area (Å²) in [5.74, 6) is -2.12. The Balaban J connectivity index is 1.69. The molecule has 1 amide bonds. The Bertz CT molecular complexity index is 991. The standard InChI is InChI=1S/C22H26F2N2O3S/c1-16(26(30(2,28)29)19-8-9-20(23)21(24)15-19)22(27)25-12-10-18(11-13-25)14-17-6-4-3-5-7-17/h3-9,15-16,18H,10-14H2,1-2H3/t16-/m1/s1. The van der Waals surface area contributed by atoms with Gasteiger partial charge in [0.05, 0.1) is 11.9 Å². The van der Waals surface area contributed by atoms with E-state index in [9.17, 15) is 22.0 Å². The number of hydrogen-bond acceptors (Lipinski definition) is 3. The van der Waals surface area contributed by atoms with Crippen LogP contribution in [0.4, 0.5) is 14.5 Å². The number of sulfonamides is 1. The summed E-state index contributed by atoms with van der Waals surface area (Å²) in [5.41, 5.74) is 1.19. The average Bonchev–Trinajstić information content (AvgIpc) is 2.70. The number of halogens is 2. The first-order chi connectivity index (χ1) is 14.2. The molecule has 0 aromatic heterocycles. The molecule has 0 aliphatic carbocycles. The molecule has 0 N–H and O–H groups in total. The minimum Gasteiger partial charge on any atom is -0.341 e. The highest BCUT2D eigenvalue weighted by Crippen LogP contribution is 2.26. The molecule has 1 aliphatic rings. The maximum Gasteiger partial charge on any atom is 0.246 e. The van der Waals surface area contributed by atoms with E-state index in [1.54, 1.807) is 4.90 Å². The van der Waals surface area contributed by atoms with Crippen LogP contribution in [0.2, 0.25) is 0 Å². The van der Waals surface area contributed by atoms with Gasteiger partial charge in [0.15, 0.2) is 11.6 Å². The van der Waals surface area contributed by atoms with E-state index < -0.39 is 27.7 Å². The normalized spacial score (nSPS) is 16.3. The molecule has 0 radical (unpaired) electrons. The van der Waals surface area contributed by atoms with E-state index in [0.29, 0.717) is 19.0 Å². The molecule has 162 valence electrons. The number of likely N-dealkylation sites (tertiary alicyclic amines) is 1. The molecular weight excluding hydrogens is 410 g/mol. The van der Waals surface area contributed by atoms with Gasteiger partial charge in [0, 0.05) is 19.2 Å². The molecule has 2 aromatic carbocycles. The second kappa shape index (κ2) is 9.12. The highest BCUT2D eigenvalue weighted by molar-refractivity contribution is 7.92. The summed E-state index contributed by atoms with van der Waals surface area (Å²) in [6, 6.07) is 11.9. The van der Waals surface area contributed by atoms with Crippen molar-refractivity contribution in [3.05, 3.63) is 65.7 Å². The number of amides is 1. The predicted octanol–water partition coefficient (Wildman–Crippen LogP) is 3.60. The molecule has 1 atom stereocenters. The second-order valence-electron chi connectivity index (χ2n) is 7.79. The molecule has 1 fully saturated rings. The number of piperidine rings is 1. The van der Waals surface area contributed by atoms with Crippen molar-refractivity contribution in [3.63, 3.8) is 0 Å². The van der Waals surface area contributed by atoms with Crippen LogP contribution in [-0.2, 0) is 21.2 Å². The molecule has 0 bridgehead atoms.